The molecule has 1 aliphatic rings. The van der Waals surface area contributed by atoms with Crippen molar-refractivity contribution in [3.63, 3.8) is 0 Å². The van der Waals surface area contributed by atoms with Crippen LogP contribution in [-0.2, 0) is 17.9 Å². The lowest BCUT2D eigenvalue weighted by Gasteiger charge is -2.39. The molecule has 5 rings (SSSR count). The van der Waals surface area contributed by atoms with E-state index in [1.807, 2.05) is 42.9 Å². The Labute approximate surface area is 307 Å². The van der Waals surface area contributed by atoms with Crippen LogP contribution in [0.1, 0.15) is 56.6 Å². The molecule has 11 nitrogen and oxygen atoms in total. The first-order valence-corrected chi connectivity index (χ1v) is 17.9. The number of methoxy groups -OCH3 is 6. The predicted molar refractivity (Wildman–Crippen MR) is 202 cm³/mol. The number of pyridine rings is 2. The summed E-state index contributed by atoms with van der Waals surface area (Å²) in [5, 5.41) is 0. The molecule has 1 aliphatic heterocycles. The van der Waals surface area contributed by atoms with E-state index in [0.29, 0.717) is 47.5 Å². The molecular weight excluding hydrogens is 660 g/mol. The summed E-state index contributed by atoms with van der Waals surface area (Å²) < 4.78 is 33.3. The number of aromatic nitrogens is 2. The molecule has 0 unspecified atom stereocenters. The molecule has 0 saturated carbocycles. The highest BCUT2D eigenvalue weighted by Crippen LogP contribution is 2.42. The van der Waals surface area contributed by atoms with E-state index in [9.17, 15) is 4.79 Å². The zero-order valence-electron chi connectivity index (χ0n) is 31.6. The first-order chi connectivity index (χ1) is 25.3. The third-order valence-corrected chi connectivity index (χ3v) is 9.65. The Balaban J connectivity index is 1.30. The maximum Gasteiger partial charge on any atom is 0.223 e. The first-order valence-electron chi connectivity index (χ1n) is 17.9. The molecule has 2 aromatic carbocycles. The van der Waals surface area contributed by atoms with Crippen LogP contribution in [0.3, 0.4) is 0 Å². The SMILES string of the molecule is CCCCCC(=O)N(Cc1cncc(-c2cc(OC)c(OC)c(OC)c2)c1)C1CCN(Cc2ccnc(-c3cc(OC)c(OC)c(OC)c3)c2)CC1. The minimum absolute atomic E-state index is 0.141. The Morgan fingerprint density at radius 3 is 1.88 bits per heavy atom. The van der Waals surface area contributed by atoms with Crippen molar-refractivity contribution in [1.82, 2.24) is 19.8 Å². The van der Waals surface area contributed by atoms with E-state index < -0.39 is 0 Å². The van der Waals surface area contributed by atoms with Gasteiger partial charge in [-0.1, -0.05) is 19.8 Å². The molecule has 1 fully saturated rings. The number of carbonyl (C=O) groups is 1. The number of piperidine rings is 1. The normalized spacial score (nSPS) is 13.4. The maximum absolute atomic E-state index is 13.8. The average Bonchev–Trinajstić information content (AvgIpc) is 3.19. The summed E-state index contributed by atoms with van der Waals surface area (Å²) in [4.78, 5) is 27.6. The monoisotopic (exact) mass is 712 g/mol. The van der Waals surface area contributed by atoms with Gasteiger partial charge in [-0.2, -0.15) is 0 Å². The van der Waals surface area contributed by atoms with E-state index in [2.05, 4.69) is 44.9 Å². The van der Waals surface area contributed by atoms with Gasteiger partial charge in [0.15, 0.2) is 23.0 Å². The third kappa shape index (κ3) is 9.06. The predicted octanol–water partition coefficient (Wildman–Crippen LogP) is 7.44. The Kier molecular flexibility index (Phi) is 13.6. The van der Waals surface area contributed by atoms with Crippen LogP contribution in [0, 0.1) is 0 Å². The molecule has 278 valence electrons. The van der Waals surface area contributed by atoms with Gasteiger partial charge in [-0.05, 0) is 78.4 Å². The molecule has 0 atom stereocenters. The topological polar surface area (TPSA) is 105 Å². The van der Waals surface area contributed by atoms with Crippen LogP contribution < -0.4 is 28.4 Å². The van der Waals surface area contributed by atoms with Crippen molar-refractivity contribution in [1.29, 1.82) is 0 Å². The third-order valence-electron chi connectivity index (χ3n) is 9.65. The zero-order chi connectivity index (χ0) is 37.0. The minimum atomic E-state index is 0.141. The largest absolute Gasteiger partial charge is 0.493 e. The summed E-state index contributed by atoms with van der Waals surface area (Å²) in [6, 6.07) is 14.1. The van der Waals surface area contributed by atoms with Gasteiger partial charge in [0.1, 0.15) is 0 Å². The molecule has 0 radical (unpaired) electrons. The van der Waals surface area contributed by atoms with Gasteiger partial charge in [-0.3, -0.25) is 19.7 Å². The molecule has 0 bridgehead atoms. The lowest BCUT2D eigenvalue weighted by Crippen LogP contribution is -2.46. The minimum Gasteiger partial charge on any atom is -0.493 e. The van der Waals surface area contributed by atoms with Crippen molar-refractivity contribution in [2.45, 2.75) is 64.6 Å². The van der Waals surface area contributed by atoms with Crippen molar-refractivity contribution in [2.24, 2.45) is 0 Å². The molecule has 2 aromatic heterocycles. The van der Waals surface area contributed by atoms with Gasteiger partial charge in [0.25, 0.3) is 0 Å². The summed E-state index contributed by atoms with van der Waals surface area (Å²) >= 11 is 0. The molecule has 0 aliphatic carbocycles. The first kappa shape index (κ1) is 38.2. The van der Waals surface area contributed by atoms with Crippen molar-refractivity contribution in [3.05, 3.63) is 72.2 Å². The van der Waals surface area contributed by atoms with Gasteiger partial charge in [-0.15, -0.1) is 0 Å². The van der Waals surface area contributed by atoms with E-state index in [1.165, 1.54) is 5.56 Å². The number of ether oxygens (including phenoxy) is 6. The summed E-state index contributed by atoms with van der Waals surface area (Å²) in [7, 11) is 9.62. The number of benzene rings is 2. The molecule has 0 spiro atoms. The fourth-order valence-corrected chi connectivity index (χ4v) is 6.87. The van der Waals surface area contributed by atoms with Gasteiger partial charge in [-0.25, -0.2) is 0 Å². The fraction of sp³-hybridized carbons (Fsp3) is 0.439. The summed E-state index contributed by atoms with van der Waals surface area (Å²) in [5.41, 5.74) is 5.66. The average molecular weight is 713 g/mol. The number of likely N-dealkylation sites (tertiary alicyclic amines) is 1. The van der Waals surface area contributed by atoms with Crippen molar-refractivity contribution >= 4 is 5.91 Å². The van der Waals surface area contributed by atoms with E-state index in [1.54, 1.807) is 42.7 Å². The van der Waals surface area contributed by atoms with E-state index >= 15 is 0 Å². The van der Waals surface area contributed by atoms with Crippen LogP contribution in [0.2, 0.25) is 0 Å². The number of unbranched alkanes of at least 4 members (excludes halogenated alkanes) is 2. The van der Waals surface area contributed by atoms with Crippen LogP contribution in [0.4, 0.5) is 0 Å². The molecule has 52 heavy (non-hydrogen) atoms. The van der Waals surface area contributed by atoms with E-state index in [-0.39, 0.29) is 11.9 Å². The van der Waals surface area contributed by atoms with E-state index in [0.717, 1.165) is 79.7 Å². The second-order valence-electron chi connectivity index (χ2n) is 12.9. The number of nitrogens with zero attached hydrogens (tertiary/aromatic N) is 4. The van der Waals surface area contributed by atoms with Crippen molar-refractivity contribution in [3.8, 4) is 56.9 Å². The van der Waals surface area contributed by atoms with Crippen molar-refractivity contribution in [2.75, 3.05) is 55.7 Å². The van der Waals surface area contributed by atoms with Crippen LogP contribution in [0.25, 0.3) is 22.4 Å². The van der Waals surface area contributed by atoms with Gasteiger partial charge < -0.3 is 33.3 Å². The molecule has 4 aromatic rings. The van der Waals surface area contributed by atoms with Gasteiger partial charge in [0.2, 0.25) is 17.4 Å². The van der Waals surface area contributed by atoms with E-state index in [4.69, 9.17) is 28.4 Å². The molecular formula is C41H52N4O7. The number of rotatable bonds is 17. The second kappa shape index (κ2) is 18.5. The van der Waals surface area contributed by atoms with Crippen LogP contribution >= 0.6 is 0 Å². The molecule has 0 N–H and O–H groups in total. The smallest absolute Gasteiger partial charge is 0.223 e. The molecule has 1 amide bonds. The fourth-order valence-electron chi connectivity index (χ4n) is 6.87. The standard InChI is InChI=1S/C41H52N4O7/c1-8-9-10-11-39(46)45(27-29-18-32(25-42-24-29)30-20-35(47-2)40(51-6)36(21-30)48-3)33-13-16-44(17-14-33)26-28-12-15-43-34(19-28)31-22-37(49-4)41(52-7)38(23-31)50-5/h12,15,18-25,33H,8-11,13-14,16-17,26-27H2,1-7H3. The quantitative estimate of drug-likeness (QED) is 0.103. The van der Waals surface area contributed by atoms with Crippen LogP contribution in [0.15, 0.2) is 61.1 Å². The molecule has 1 saturated heterocycles. The van der Waals surface area contributed by atoms with Crippen molar-refractivity contribution < 1.29 is 33.2 Å². The number of hydrogen-bond donors (Lipinski definition) is 0. The van der Waals surface area contributed by atoms with Crippen LogP contribution in [-0.4, -0.2) is 87.5 Å². The summed E-state index contributed by atoms with van der Waals surface area (Å²) in [6.45, 7) is 5.22. The lowest BCUT2D eigenvalue weighted by atomic mass is 9.99. The highest BCUT2D eigenvalue weighted by atomic mass is 16.5. The highest BCUT2D eigenvalue weighted by Gasteiger charge is 2.28. The molecule has 11 heteroatoms. The van der Waals surface area contributed by atoms with Crippen LogP contribution in [0.5, 0.6) is 34.5 Å². The maximum atomic E-state index is 13.8. The van der Waals surface area contributed by atoms with Gasteiger partial charge in [0, 0.05) is 68.4 Å². The Morgan fingerprint density at radius 2 is 1.33 bits per heavy atom. The Morgan fingerprint density at radius 1 is 0.731 bits per heavy atom. The van der Waals surface area contributed by atoms with Gasteiger partial charge >= 0.3 is 0 Å². The molecule has 3 heterocycles. The number of amides is 1. The number of hydrogen-bond acceptors (Lipinski definition) is 10. The summed E-state index contributed by atoms with van der Waals surface area (Å²) in [6.07, 6.45) is 10.9. The number of carbonyl (C=O) groups excluding carboxylic acids is 1. The zero-order valence-corrected chi connectivity index (χ0v) is 31.6. The summed E-state index contributed by atoms with van der Waals surface area (Å²) in [5.74, 6) is 3.61. The Bertz CT molecular complexity index is 1740. The highest BCUT2D eigenvalue weighted by molar-refractivity contribution is 5.77. The Hall–Kier alpha value is -5.03. The second-order valence-corrected chi connectivity index (χ2v) is 12.9. The lowest BCUT2D eigenvalue weighted by molar-refractivity contribution is -0.135. The van der Waals surface area contributed by atoms with Gasteiger partial charge in [0.05, 0.1) is 48.4 Å².